The summed E-state index contributed by atoms with van der Waals surface area (Å²) in [6.45, 7) is 0.193. The lowest BCUT2D eigenvalue weighted by Gasteiger charge is -2.05. The molecule has 0 radical (unpaired) electrons. The highest BCUT2D eigenvalue weighted by molar-refractivity contribution is 9.10. The monoisotopic (exact) mass is 396 g/mol. The summed E-state index contributed by atoms with van der Waals surface area (Å²) in [5.41, 5.74) is 4.03. The van der Waals surface area contributed by atoms with E-state index in [1.807, 2.05) is 0 Å². The first-order valence-electron chi connectivity index (χ1n) is 6.45. The predicted octanol–water partition coefficient (Wildman–Crippen LogP) is 3.98. The summed E-state index contributed by atoms with van der Waals surface area (Å²) in [5, 5.41) is 13.4. The number of carboxylic acids is 1. The number of nitrogens with one attached hydrogen (secondary N) is 1. The van der Waals surface area contributed by atoms with Crippen LogP contribution in [-0.2, 0) is 0 Å². The topological polar surface area (TPSA) is 80.2 Å². The first kappa shape index (κ1) is 15.6. The first-order chi connectivity index (χ1) is 11.0. The summed E-state index contributed by atoms with van der Waals surface area (Å²) in [4.78, 5) is 11.0. The molecule has 2 aromatic rings. The Hall–Kier alpha value is -2.25. The third-order valence-electron chi connectivity index (χ3n) is 3.09. The van der Waals surface area contributed by atoms with Gasteiger partial charge in [-0.25, -0.2) is 4.79 Å². The van der Waals surface area contributed by atoms with Gasteiger partial charge in [0.1, 0.15) is 0 Å². The number of carbonyl (C=O) groups is 1. The molecule has 8 heteroatoms. The molecule has 0 fully saturated rings. The van der Waals surface area contributed by atoms with Crippen molar-refractivity contribution in [2.24, 2.45) is 5.10 Å². The third kappa shape index (κ3) is 3.40. The molecule has 0 amide bonds. The van der Waals surface area contributed by atoms with Crippen LogP contribution in [0.5, 0.6) is 11.5 Å². The smallest absolute Gasteiger partial charge is 0.335 e. The van der Waals surface area contributed by atoms with Gasteiger partial charge in [-0.15, -0.1) is 0 Å². The van der Waals surface area contributed by atoms with Crippen molar-refractivity contribution in [3.63, 3.8) is 0 Å². The van der Waals surface area contributed by atoms with Gasteiger partial charge >= 0.3 is 5.97 Å². The standard InChI is InChI=1S/C15H10BrClN2O4/c16-10-5-14-13(22-7-23-14)4-9(10)6-18-19-12-3-8(15(20)21)1-2-11(12)17/h1-6,19H,7H2,(H,20,21)/b18-6-. The largest absolute Gasteiger partial charge is 0.478 e. The average molecular weight is 398 g/mol. The minimum Gasteiger partial charge on any atom is -0.478 e. The van der Waals surface area contributed by atoms with E-state index in [0.29, 0.717) is 22.2 Å². The van der Waals surface area contributed by atoms with Crippen LogP contribution in [0.4, 0.5) is 5.69 Å². The number of hydrogen-bond donors (Lipinski definition) is 2. The lowest BCUT2D eigenvalue weighted by Crippen LogP contribution is -1.98. The normalized spacial score (nSPS) is 12.6. The van der Waals surface area contributed by atoms with E-state index < -0.39 is 5.97 Å². The second-order valence-corrected chi connectivity index (χ2v) is 5.86. The van der Waals surface area contributed by atoms with Gasteiger partial charge < -0.3 is 14.6 Å². The van der Waals surface area contributed by atoms with E-state index in [2.05, 4.69) is 26.5 Å². The van der Waals surface area contributed by atoms with Gasteiger partial charge in [-0.1, -0.05) is 11.6 Å². The molecule has 1 aliphatic heterocycles. The highest BCUT2D eigenvalue weighted by atomic mass is 79.9. The van der Waals surface area contributed by atoms with Crippen molar-refractivity contribution in [1.29, 1.82) is 0 Å². The van der Waals surface area contributed by atoms with Crippen LogP contribution in [-0.4, -0.2) is 24.1 Å². The van der Waals surface area contributed by atoms with E-state index >= 15 is 0 Å². The summed E-state index contributed by atoms with van der Waals surface area (Å²) in [6.07, 6.45) is 1.57. The summed E-state index contributed by atoms with van der Waals surface area (Å²) >= 11 is 9.44. The van der Waals surface area contributed by atoms with Crippen LogP contribution < -0.4 is 14.9 Å². The number of nitrogens with zero attached hydrogens (tertiary/aromatic N) is 1. The molecule has 0 aliphatic carbocycles. The van der Waals surface area contributed by atoms with Gasteiger partial charge in [0.05, 0.1) is 22.5 Å². The summed E-state index contributed by atoms with van der Waals surface area (Å²) in [5.74, 6) is 0.270. The van der Waals surface area contributed by atoms with Crippen molar-refractivity contribution in [3.05, 3.63) is 51.0 Å². The molecule has 0 saturated carbocycles. The number of fused-ring (bicyclic) bond motifs is 1. The number of ether oxygens (including phenoxy) is 2. The third-order valence-corrected chi connectivity index (χ3v) is 4.11. The average Bonchev–Trinajstić information content (AvgIpc) is 2.96. The van der Waals surface area contributed by atoms with Crippen LogP contribution in [0.1, 0.15) is 15.9 Å². The van der Waals surface area contributed by atoms with Crippen LogP contribution >= 0.6 is 27.5 Å². The van der Waals surface area contributed by atoms with E-state index in [-0.39, 0.29) is 12.4 Å². The number of benzene rings is 2. The minimum atomic E-state index is -1.03. The molecule has 0 aromatic heterocycles. The molecule has 1 aliphatic rings. The zero-order valence-electron chi connectivity index (χ0n) is 11.5. The van der Waals surface area contributed by atoms with Gasteiger partial charge in [0.25, 0.3) is 0 Å². The van der Waals surface area contributed by atoms with E-state index in [0.717, 1.165) is 10.0 Å². The van der Waals surface area contributed by atoms with E-state index in [9.17, 15) is 4.79 Å². The Labute approximate surface area is 144 Å². The number of rotatable bonds is 4. The van der Waals surface area contributed by atoms with Crippen LogP contribution in [0.2, 0.25) is 5.02 Å². The van der Waals surface area contributed by atoms with Crippen molar-refractivity contribution in [2.75, 3.05) is 12.2 Å². The molecule has 118 valence electrons. The minimum absolute atomic E-state index is 0.122. The number of aromatic carboxylic acids is 1. The SMILES string of the molecule is O=C(O)c1ccc(Cl)c(N/N=C\c2cc3c(cc2Br)OCO3)c1. The molecule has 2 aromatic carbocycles. The van der Waals surface area contributed by atoms with Gasteiger partial charge in [-0.2, -0.15) is 5.10 Å². The van der Waals surface area contributed by atoms with Crippen molar-refractivity contribution < 1.29 is 19.4 Å². The molecule has 6 nitrogen and oxygen atoms in total. The Morgan fingerprint density at radius 2 is 2.04 bits per heavy atom. The van der Waals surface area contributed by atoms with Gasteiger partial charge in [-0.05, 0) is 46.3 Å². The highest BCUT2D eigenvalue weighted by Crippen LogP contribution is 2.36. The molecule has 0 spiro atoms. The van der Waals surface area contributed by atoms with E-state index in [1.54, 1.807) is 18.3 Å². The van der Waals surface area contributed by atoms with Crippen molar-refractivity contribution in [3.8, 4) is 11.5 Å². The maximum atomic E-state index is 11.0. The molecular formula is C15H10BrClN2O4. The van der Waals surface area contributed by atoms with Gasteiger partial charge in [0, 0.05) is 10.0 Å². The Balaban J connectivity index is 1.80. The zero-order chi connectivity index (χ0) is 16.4. The maximum Gasteiger partial charge on any atom is 0.335 e. The quantitative estimate of drug-likeness (QED) is 0.603. The van der Waals surface area contributed by atoms with Crippen molar-refractivity contribution >= 4 is 45.4 Å². The van der Waals surface area contributed by atoms with Crippen molar-refractivity contribution in [1.82, 2.24) is 0 Å². The zero-order valence-corrected chi connectivity index (χ0v) is 13.9. The van der Waals surface area contributed by atoms with E-state index in [1.165, 1.54) is 18.2 Å². The van der Waals surface area contributed by atoms with Gasteiger partial charge in [0.2, 0.25) is 6.79 Å². The molecule has 23 heavy (non-hydrogen) atoms. The molecule has 2 N–H and O–H groups in total. The molecule has 0 unspecified atom stereocenters. The van der Waals surface area contributed by atoms with Crippen LogP contribution in [0.15, 0.2) is 39.9 Å². The predicted molar refractivity (Wildman–Crippen MR) is 89.9 cm³/mol. The second-order valence-electron chi connectivity index (χ2n) is 4.60. The number of anilines is 1. The Morgan fingerprint density at radius 3 is 2.78 bits per heavy atom. The van der Waals surface area contributed by atoms with Crippen LogP contribution in [0.25, 0.3) is 0 Å². The molecule has 0 bridgehead atoms. The van der Waals surface area contributed by atoms with Gasteiger partial charge in [0.15, 0.2) is 11.5 Å². The fraction of sp³-hybridized carbons (Fsp3) is 0.0667. The van der Waals surface area contributed by atoms with Crippen molar-refractivity contribution in [2.45, 2.75) is 0 Å². The number of hydrogen-bond acceptors (Lipinski definition) is 5. The fourth-order valence-corrected chi connectivity index (χ4v) is 2.53. The fourth-order valence-electron chi connectivity index (χ4n) is 1.95. The molecule has 0 saturated heterocycles. The Morgan fingerprint density at radius 1 is 1.30 bits per heavy atom. The molecule has 0 atom stereocenters. The highest BCUT2D eigenvalue weighted by Gasteiger charge is 2.15. The summed E-state index contributed by atoms with van der Waals surface area (Å²) in [6, 6.07) is 7.92. The summed E-state index contributed by atoms with van der Waals surface area (Å²) < 4.78 is 11.4. The Bertz CT molecular complexity index is 810. The maximum absolute atomic E-state index is 11.0. The van der Waals surface area contributed by atoms with E-state index in [4.69, 9.17) is 26.2 Å². The molecule has 1 heterocycles. The Kier molecular flexibility index (Phi) is 4.40. The molecular weight excluding hydrogens is 388 g/mol. The van der Waals surface area contributed by atoms with Gasteiger partial charge in [-0.3, -0.25) is 5.43 Å². The molecule has 3 rings (SSSR count). The lowest BCUT2D eigenvalue weighted by atomic mass is 10.2. The van der Waals surface area contributed by atoms with Crippen LogP contribution in [0, 0.1) is 0 Å². The van der Waals surface area contributed by atoms with Crippen LogP contribution in [0.3, 0.4) is 0 Å². The number of hydrazone groups is 1. The lowest BCUT2D eigenvalue weighted by molar-refractivity contribution is 0.0697. The summed E-state index contributed by atoms with van der Waals surface area (Å²) in [7, 11) is 0. The number of halogens is 2. The first-order valence-corrected chi connectivity index (χ1v) is 7.63. The number of carboxylic acid groups (broad SMARTS) is 1. The second kappa shape index (κ2) is 6.47.